The molecule has 0 fully saturated rings. The van der Waals surface area contributed by atoms with Crippen LogP contribution in [0.25, 0.3) is 0 Å². The van der Waals surface area contributed by atoms with E-state index in [1.54, 1.807) is 12.4 Å². The summed E-state index contributed by atoms with van der Waals surface area (Å²) in [4.78, 5) is 6.19. The van der Waals surface area contributed by atoms with Crippen LogP contribution in [0.15, 0.2) is 18.5 Å². The maximum atomic E-state index is 5.85. The Hall–Kier alpha value is -1.25. The zero-order valence-electron chi connectivity index (χ0n) is 9.74. The van der Waals surface area contributed by atoms with Crippen molar-refractivity contribution in [2.45, 2.75) is 32.6 Å². The smallest absolute Gasteiger partial charge is 0.0738 e. The standard InChI is InChI=1S/C12H21N3/c1-3-4-5-6-9-15(2)12-7-8-14-10-11(12)13/h7-8,10H,3-6,9,13H2,1-2H3. The number of hydrogen-bond donors (Lipinski definition) is 1. The molecule has 84 valence electrons. The largest absolute Gasteiger partial charge is 0.396 e. The van der Waals surface area contributed by atoms with E-state index in [1.165, 1.54) is 25.7 Å². The van der Waals surface area contributed by atoms with Crippen molar-refractivity contribution in [3.63, 3.8) is 0 Å². The third-order valence-electron chi connectivity index (χ3n) is 2.59. The Labute approximate surface area is 92.3 Å². The van der Waals surface area contributed by atoms with Gasteiger partial charge in [0.05, 0.1) is 17.6 Å². The van der Waals surface area contributed by atoms with Gasteiger partial charge in [-0.2, -0.15) is 0 Å². The van der Waals surface area contributed by atoms with Crippen molar-refractivity contribution in [3.05, 3.63) is 18.5 Å². The molecular formula is C12H21N3. The molecule has 0 spiro atoms. The van der Waals surface area contributed by atoms with Crippen LogP contribution >= 0.6 is 0 Å². The Morgan fingerprint density at radius 1 is 1.33 bits per heavy atom. The lowest BCUT2D eigenvalue weighted by Gasteiger charge is -2.20. The van der Waals surface area contributed by atoms with Crippen LogP contribution in [0.2, 0.25) is 0 Å². The Morgan fingerprint density at radius 2 is 2.13 bits per heavy atom. The van der Waals surface area contributed by atoms with Crippen LogP contribution in [0.3, 0.4) is 0 Å². The first-order chi connectivity index (χ1) is 7.25. The molecule has 0 bridgehead atoms. The Balaban J connectivity index is 2.40. The second-order valence-electron chi connectivity index (χ2n) is 3.92. The highest BCUT2D eigenvalue weighted by molar-refractivity contribution is 5.65. The molecule has 3 nitrogen and oxygen atoms in total. The molecule has 0 unspecified atom stereocenters. The first kappa shape index (κ1) is 11.8. The van der Waals surface area contributed by atoms with Crippen molar-refractivity contribution in [2.75, 3.05) is 24.2 Å². The Kier molecular flexibility index (Phi) is 4.95. The molecule has 0 saturated carbocycles. The van der Waals surface area contributed by atoms with Gasteiger partial charge >= 0.3 is 0 Å². The molecule has 0 amide bonds. The summed E-state index contributed by atoms with van der Waals surface area (Å²) in [5.41, 5.74) is 7.69. The lowest BCUT2D eigenvalue weighted by atomic mass is 10.2. The summed E-state index contributed by atoms with van der Waals surface area (Å²) in [6.45, 7) is 3.29. The lowest BCUT2D eigenvalue weighted by molar-refractivity contribution is 0.661. The minimum Gasteiger partial charge on any atom is -0.396 e. The molecule has 15 heavy (non-hydrogen) atoms. The summed E-state index contributed by atoms with van der Waals surface area (Å²) in [7, 11) is 2.08. The fourth-order valence-corrected chi connectivity index (χ4v) is 1.64. The van der Waals surface area contributed by atoms with Crippen molar-refractivity contribution >= 4 is 11.4 Å². The molecule has 0 atom stereocenters. The van der Waals surface area contributed by atoms with E-state index in [-0.39, 0.29) is 0 Å². The Morgan fingerprint density at radius 3 is 2.80 bits per heavy atom. The maximum Gasteiger partial charge on any atom is 0.0738 e. The summed E-state index contributed by atoms with van der Waals surface area (Å²) in [6, 6.07) is 1.97. The molecule has 3 heteroatoms. The lowest BCUT2D eigenvalue weighted by Crippen LogP contribution is -2.19. The normalized spacial score (nSPS) is 10.3. The topological polar surface area (TPSA) is 42.2 Å². The number of nitrogens with zero attached hydrogens (tertiary/aromatic N) is 2. The van der Waals surface area contributed by atoms with Crippen molar-refractivity contribution < 1.29 is 0 Å². The van der Waals surface area contributed by atoms with E-state index in [0.29, 0.717) is 0 Å². The number of anilines is 2. The monoisotopic (exact) mass is 207 g/mol. The molecule has 0 aliphatic rings. The number of pyridine rings is 1. The molecule has 0 saturated heterocycles. The van der Waals surface area contributed by atoms with E-state index in [0.717, 1.165) is 17.9 Å². The third-order valence-corrected chi connectivity index (χ3v) is 2.59. The summed E-state index contributed by atoms with van der Waals surface area (Å²) < 4.78 is 0. The molecule has 1 aromatic heterocycles. The molecular weight excluding hydrogens is 186 g/mol. The predicted molar refractivity (Wildman–Crippen MR) is 66.1 cm³/mol. The highest BCUT2D eigenvalue weighted by Crippen LogP contribution is 2.20. The van der Waals surface area contributed by atoms with Crippen molar-refractivity contribution in [2.24, 2.45) is 0 Å². The molecule has 1 heterocycles. The molecule has 1 rings (SSSR count). The van der Waals surface area contributed by atoms with Gasteiger partial charge < -0.3 is 10.6 Å². The van der Waals surface area contributed by atoms with Crippen LogP contribution in [0.1, 0.15) is 32.6 Å². The van der Waals surface area contributed by atoms with Crippen LogP contribution in [0.5, 0.6) is 0 Å². The van der Waals surface area contributed by atoms with Crippen molar-refractivity contribution in [1.82, 2.24) is 4.98 Å². The summed E-state index contributed by atoms with van der Waals surface area (Å²) >= 11 is 0. The van der Waals surface area contributed by atoms with Crippen LogP contribution in [0, 0.1) is 0 Å². The predicted octanol–water partition coefficient (Wildman–Crippen LogP) is 2.68. The molecule has 0 aromatic carbocycles. The molecule has 0 aliphatic carbocycles. The molecule has 2 N–H and O–H groups in total. The van der Waals surface area contributed by atoms with Gasteiger partial charge in [-0.25, -0.2) is 0 Å². The van der Waals surface area contributed by atoms with E-state index in [1.807, 2.05) is 6.07 Å². The van der Waals surface area contributed by atoms with Crippen LogP contribution in [-0.4, -0.2) is 18.6 Å². The molecule has 0 radical (unpaired) electrons. The summed E-state index contributed by atoms with van der Waals surface area (Å²) in [5, 5.41) is 0. The van der Waals surface area contributed by atoms with Crippen LogP contribution in [-0.2, 0) is 0 Å². The number of nitrogens with two attached hydrogens (primary N) is 1. The minimum absolute atomic E-state index is 0.760. The highest BCUT2D eigenvalue weighted by atomic mass is 15.1. The maximum absolute atomic E-state index is 5.85. The van der Waals surface area contributed by atoms with Crippen LogP contribution < -0.4 is 10.6 Å². The van der Waals surface area contributed by atoms with Crippen molar-refractivity contribution in [1.29, 1.82) is 0 Å². The summed E-state index contributed by atoms with van der Waals surface area (Å²) in [5.74, 6) is 0. The SMILES string of the molecule is CCCCCCN(C)c1ccncc1N. The van der Waals surface area contributed by atoms with E-state index in [9.17, 15) is 0 Å². The fraction of sp³-hybridized carbons (Fsp3) is 0.583. The first-order valence-electron chi connectivity index (χ1n) is 5.66. The number of nitrogen functional groups attached to an aromatic ring is 1. The second-order valence-corrected chi connectivity index (χ2v) is 3.92. The number of aromatic nitrogens is 1. The van der Waals surface area contributed by atoms with E-state index >= 15 is 0 Å². The van der Waals surface area contributed by atoms with Gasteiger partial charge in [0.15, 0.2) is 0 Å². The zero-order valence-corrected chi connectivity index (χ0v) is 9.74. The second kappa shape index (κ2) is 6.27. The summed E-state index contributed by atoms with van der Waals surface area (Å²) in [6.07, 6.45) is 8.62. The van der Waals surface area contributed by atoms with E-state index < -0.39 is 0 Å². The van der Waals surface area contributed by atoms with Crippen molar-refractivity contribution in [3.8, 4) is 0 Å². The molecule has 0 aliphatic heterocycles. The third kappa shape index (κ3) is 3.78. The van der Waals surface area contributed by atoms with Gasteiger partial charge in [0.1, 0.15) is 0 Å². The number of unbranched alkanes of at least 4 members (excludes halogenated alkanes) is 3. The van der Waals surface area contributed by atoms with Gasteiger partial charge in [-0.1, -0.05) is 26.2 Å². The minimum atomic E-state index is 0.760. The first-order valence-corrected chi connectivity index (χ1v) is 5.66. The number of rotatable bonds is 6. The van der Waals surface area contributed by atoms with Gasteiger partial charge in [-0.05, 0) is 12.5 Å². The van der Waals surface area contributed by atoms with Gasteiger partial charge in [0.2, 0.25) is 0 Å². The van der Waals surface area contributed by atoms with Gasteiger partial charge in [-0.3, -0.25) is 4.98 Å². The van der Waals surface area contributed by atoms with Gasteiger partial charge in [0, 0.05) is 19.8 Å². The zero-order chi connectivity index (χ0) is 11.1. The number of hydrogen-bond acceptors (Lipinski definition) is 3. The molecule has 1 aromatic rings. The highest BCUT2D eigenvalue weighted by Gasteiger charge is 2.03. The average Bonchev–Trinajstić information content (AvgIpc) is 2.25. The quantitative estimate of drug-likeness (QED) is 0.729. The van der Waals surface area contributed by atoms with E-state index in [2.05, 4.69) is 23.9 Å². The van der Waals surface area contributed by atoms with Gasteiger partial charge in [0.25, 0.3) is 0 Å². The average molecular weight is 207 g/mol. The van der Waals surface area contributed by atoms with E-state index in [4.69, 9.17) is 5.73 Å². The Bertz CT molecular complexity index is 286. The van der Waals surface area contributed by atoms with Crippen LogP contribution in [0.4, 0.5) is 11.4 Å². The van der Waals surface area contributed by atoms with Gasteiger partial charge in [-0.15, -0.1) is 0 Å². The fourth-order valence-electron chi connectivity index (χ4n) is 1.64.